The second-order valence-corrected chi connectivity index (χ2v) is 5.71. The number of alkyl carbamates (subject to hydrolysis) is 1. The van der Waals surface area contributed by atoms with Crippen LogP contribution in [-0.2, 0) is 16.1 Å². The molecule has 0 saturated carbocycles. The van der Waals surface area contributed by atoms with Crippen LogP contribution in [0, 0.1) is 0 Å². The number of benzene rings is 1. The van der Waals surface area contributed by atoms with Gasteiger partial charge in [-0.15, -0.1) is 0 Å². The maximum absolute atomic E-state index is 12.8. The average molecular weight is 366 g/mol. The molecule has 1 atom stereocenters. The van der Waals surface area contributed by atoms with Crippen LogP contribution in [0.25, 0.3) is 0 Å². The Kier molecular flexibility index (Phi) is 4.88. The predicted molar refractivity (Wildman–Crippen MR) is 85.9 cm³/mol. The fourth-order valence-corrected chi connectivity index (χ4v) is 2.54. The largest absolute Gasteiger partial charge is 0.445 e. The normalized spacial score (nSPS) is 19.7. The van der Waals surface area contributed by atoms with E-state index >= 15 is 0 Å². The molecule has 1 N–H and O–H groups in total. The molecule has 26 heavy (non-hydrogen) atoms. The lowest BCUT2D eigenvalue weighted by Crippen LogP contribution is -2.52. The maximum Gasteiger partial charge on any atom is 0.419 e. The Morgan fingerprint density at radius 2 is 2.04 bits per heavy atom. The number of rotatable bonds is 3. The van der Waals surface area contributed by atoms with Crippen molar-refractivity contribution in [1.82, 2.24) is 5.32 Å². The van der Waals surface area contributed by atoms with Gasteiger partial charge in [-0.2, -0.15) is 17.7 Å². The van der Waals surface area contributed by atoms with Crippen LogP contribution in [0.15, 0.2) is 47.0 Å². The predicted octanol–water partition coefficient (Wildman–Crippen LogP) is 2.20. The summed E-state index contributed by atoms with van der Waals surface area (Å²) in [6.07, 6.45) is -3.81. The minimum absolute atomic E-state index is 0.0128. The minimum Gasteiger partial charge on any atom is -0.445 e. The SMILES string of the molecule is O=C(N[C@H]1CN=C2CC=C(C(F)(F)F)C=[N+]2C1=O)OCc1ccccc1. The van der Waals surface area contributed by atoms with Gasteiger partial charge in [0, 0.05) is 0 Å². The summed E-state index contributed by atoms with van der Waals surface area (Å²) in [7, 11) is 0. The highest BCUT2D eigenvalue weighted by atomic mass is 19.4. The molecule has 0 saturated heterocycles. The highest BCUT2D eigenvalue weighted by Gasteiger charge is 2.43. The number of carbonyl (C=O) groups is 2. The third-order valence-corrected chi connectivity index (χ3v) is 3.87. The van der Waals surface area contributed by atoms with Crippen LogP contribution in [0.1, 0.15) is 12.0 Å². The van der Waals surface area contributed by atoms with E-state index in [1.807, 2.05) is 6.07 Å². The van der Waals surface area contributed by atoms with Crippen LogP contribution < -0.4 is 5.32 Å². The number of aliphatic imine (C=N–C) groups is 1. The van der Waals surface area contributed by atoms with Gasteiger partial charge in [-0.25, -0.2) is 9.59 Å². The molecule has 1 aromatic carbocycles. The van der Waals surface area contributed by atoms with Gasteiger partial charge in [0.05, 0.1) is 12.0 Å². The lowest BCUT2D eigenvalue weighted by atomic mass is 10.1. The van der Waals surface area contributed by atoms with Crippen LogP contribution in [-0.4, -0.2) is 47.4 Å². The number of allylic oxidation sites excluding steroid dienone is 1. The van der Waals surface area contributed by atoms with E-state index in [0.717, 1.165) is 16.2 Å². The number of halogens is 3. The number of nitrogens with zero attached hydrogens (tertiary/aromatic N) is 2. The third-order valence-electron chi connectivity index (χ3n) is 3.87. The Bertz CT molecular complexity index is 814. The molecular formula is C17H15F3N3O3+. The zero-order valence-corrected chi connectivity index (χ0v) is 13.5. The average Bonchev–Trinajstić information content (AvgIpc) is 2.62. The second-order valence-electron chi connectivity index (χ2n) is 5.71. The number of amides is 2. The van der Waals surface area contributed by atoms with Crippen molar-refractivity contribution in [2.75, 3.05) is 6.54 Å². The van der Waals surface area contributed by atoms with E-state index in [2.05, 4.69) is 10.3 Å². The molecule has 0 fully saturated rings. The van der Waals surface area contributed by atoms with Gasteiger partial charge in [0.15, 0.2) is 12.6 Å². The van der Waals surface area contributed by atoms with E-state index < -0.39 is 29.8 Å². The van der Waals surface area contributed by atoms with Crippen molar-refractivity contribution in [2.45, 2.75) is 25.2 Å². The van der Waals surface area contributed by atoms with Crippen molar-refractivity contribution >= 4 is 24.1 Å². The molecule has 0 radical (unpaired) electrons. The van der Waals surface area contributed by atoms with E-state index in [1.165, 1.54) is 0 Å². The highest BCUT2D eigenvalue weighted by molar-refractivity contribution is 6.00. The first kappa shape index (κ1) is 17.8. The summed E-state index contributed by atoms with van der Waals surface area (Å²) in [6, 6.07) is 7.85. The van der Waals surface area contributed by atoms with Crippen LogP contribution in [0.3, 0.4) is 0 Å². The number of carbonyl (C=O) groups excluding carboxylic acids is 2. The van der Waals surface area contributed by atoms with Crippen molar-refractivity contribution in [2.24, 2.45) is 4.99 Å². The summed E-state index contributed by atoms with van der Waals surface area (Å²) in [4.78, 5) is 28.3. The van der Waals surface area contributed by atoms with Crippen molar-refractivity contribution in [3.63, 3.8) is 0 Å². The molecule has 2 heterocycles. The van der Waals surface area contributed by atoms with Crippen LogP contribution in [0.2, 0.25) is 0 Å². The fourth-order valence-electron chi connectivity index (χ4n) is 2.54. The van der Waals surface area contributed by atoms with Crippen molar-refractivity contribution in [3.8, 4) is 0 Å². The Hall–Kier alpha value is -2.97. The smallest absolute Gasteiger partial charge is 0.419 e. The third kappa shape index (κ3) is 3.98. The molecule has 9 heteroatoms. The molecule has 2 amide bonds. The monoisotopic (exact) mass is 366 g/mol. The van der Waals surface area contributed by atoms with Gasteiger partial charge in [-0.3, -0.25) is 0 Å². The van der Waals surface area contributed by atoms with Crippen molar-refractivity contribution in [1.29, 1.82) is 0 Å². The Labute approximate surface area is 146 Å². The molecule has 3 rings (SSSR count). The maximum atomic E-state index is 12.8. The lowest BCUT2D eigenvalue weighted by Gasteiger charge is -2.20. The summed E-state index contributed by atoms with van der Waals surface area (Å²) in [5, 5.41) is 2.35. The number of fused-ring (bicyclic) bond motifs is 1. The Morgan fingerprint density at radius 1 is 1.31 bits per heavy atom. The molecule has 2 aliphatic heterocycles. The molecule has 6 nitrogen and oxygen atoms in total. The van der Waals surface area contributed by atoms with Gasteiger partial charge < -0.3 is 10.1 Å². The summed E-state index contributed by atoms with van der Waals surface area (Å²) < 4.78 is 44.3. The molecule has 2 aliphatic rings. The Balaban J connectivity index is 1.64. The van der Waals surface area contributed by atoms with Gasteiger partial charge in [0.25, 0.3) is 0 Å². The van der Waals surface area contributed by atoms with Gasteiger partial charge in [-0.05, 0) is 5.56 Å². The molecule has 0 spiro atoms. The summed E-state index contributed by atoms with van der Waals surface area (Å²) >= 11 is 0. The topological polar surface area (TPSA) is 70.8 Å². The number of ether oxygens (including phenoxy) is 1. The highest BCUT2D eigenvalue weighted by Crippen LogP contribution is 2.26. The molecule has 136 valence electrons. The summed E-state index contributed by atoms with van der Waals surface area (Å²) in [6.45, 7) is -0.0347. The Morgan fingerprint density at radius 3 is 2.73 bits per heavy atom. The first-order chi connectivity index (χ1) is 12.3. The number of hydrogen-bond acceptors (Lipinski definition) is 4. The van der Waals surface area contributed by atoms with E-state index in [0.29, 0.717) is 6.21 Å². The lowest BCUT2D eigenvalue weighted by molar-refractivity contribution is -0.344. The molecule has 0 unspecified atom stereocenters. The van der Waals surface area contributed by atoms with Gasteiger partial charge >= 0.3 is 24.0 Å². The number of amidine groups is 1. The number of hydrogen-bond donors (Lipinski definition) is 1. The second kappa shape index (κ2) is 7.11. The van der Waals surface area contributed by atoms with Crippen LogP contribution >= 0.6 is 0 Å². The van der Waals surface area contributed by atoms with Crippen LogP contribution in [0.5, 0.6) is 0 Å². The molecule has 1 aromatic rings. The van der Waals surface area contributed by atoms with Crippen molar-refractivity contribution in [3.05, 3.63) is 47.5 Å². The standard InChI is InChI=1S/C17H14F3N3O3/c18-17(19,20)12-6-7-14-21-8-13(15(24)23(14)9-12)22-16(25)26-10-11-4-2-1-3-5-11/h1-6,9,13H,7-8,10H2/p+1/t13-/m0/s1. The summed E-state index contributed by atoms with van der Waals surface area (Å²) in [5.41, 5.74) is -0.153. The van der Waals surface area contributed by atoms with E-state index in [-0.39, 0.29) is 25.4 Å². The van der Waals surface area contributed by atoms with Gasteiger partial charge in [0.2, 0.25) is 0 Å². The fraction of sp³-hybridized carbons (Fsp3) is 0.294. The minimum atomic E-state index is -4.55. The number of alkyl halides is 3. The zero-order chi connectivity index (χ0) is 18.7. The zero-order valence-electron chi connectivity index (χ0n) is 13.5. The molecule has 0 aromatic heterocycles. The molecular weight excluding hydrogens is 351 g/mol. The van der Waals surface area contributed by atoms with Crippen LogP contribution in [0.4, 0.5) is 18.0 Å². The molecule has 0 aliphatic carbocycles. The first-order valence-electron chi connectivity index (χ1n) is 7.80. The van der Waals surface area contributed by atoms with E-state index in [4.69, 9.17) is 4.74 Å². The van der Waals surface area contributed by atoms with E-state index in [9.17, 15) is 22.8 Å². The van der Waals surface area contributed by atoms with Gasteiger partial charge in [0.1, 0.15) is 12.8 Å². The van der Waals surface area contributed by atoms with E-state index in [1.54, 1.807) is 24.3 Å². The number of nitrogens with one attached hydrogen (secondary N) is 1. The molecule has 0 bridgehead atoms. The van der Waals surface area contributed by atoms with Gasteiger partial charge in [-0.1, -0.05) is 41.4 Å². The van der Waals surface area contributed by atoms with Crippen molar-refractivity contribution < 1.29 is 32.1 Å². The quantitative estimate of drug-likeness (QED) is 0.834. The first-order valence-corrected chi connectivity index (χ1v) is 7.80. The summed E-state index contributed by atoms with van der Waals surface area (Å²) in [5.74, 6) is -0.458.